The van der Waals surface area contributed by atoms with Gasteiger partial charge in [0.15, 0.2) is 0 Å². The van der Waals surface area contributed by atoms with Crippen LogP contribution in [0.4, 0.5) is 9.59 Å². The Morgan fingerprint density at radius 2 is 1.00 bits per heavy atom. The SMILES string of the molecule is CC(=C1CCOC(=O)S1)N(C=O)CCCCCCCCCCCCN(C=O)C(C)=C1CCOC(=O)S1. The standard InChI is InChI=1S/C26H40N2O6S2/c1-21(23-13-17-33-25(31)35-23)27(19-29)15-11-9-7-5-3-4-6-8-10-12-16-28(20-30)22(2)24-14-18-34-26(32)36-24/h19-20H,3-18H2,1-2H3. The molecular weight excluding hydrogens is 500 g/mol. The average Bonchev–Trinajstić information content (AvgIpc) is 2.88. The number of unbranched alkanes of at least 4 members (excludes halogenated alkanes) is 9. The van der Waals surface area contributed by atoms with Crippen LogP contribution in [0, 0.1) is 0 Å². The van der Waals surface area contributed by atoms with Crippen molar-refractivity contribution in [3.05, 3.63) is 21.2 Å². The van der Waals surface area contributed by atoms with Gasteiger partial charge in [-0.15, -0.1) is 0 Å². The van der Waals surface area contributed by atoms with Crippen molar-refractivity contribution in [3.63, 3.8) is 0 Å². The molecule has 0 N–H and O–H groups in total. The van der Waals surface area contributed by atoms with E-state index in [1.807, 2.05) is 13.8 Å². The van der Waals surface area contributed by atoms with E-state index in [1.165, 1.54) is 25.7 Å². The molecule has 0 aromatic rings. The number of carbonyl (C=O) groups is 4. The van der Waals surface area contributed by atoms with Gasteiger partial charge in [0.25, 0.3) is 0 Å². The molecule has 0 aromatic heterocycles. The van der Waals surface area contributed by atoms with Crippen molar-refractivity contribution in [2.24, 2.45) is 0 Å². The predicted octanol–water partition coefficient (Wildman–Crippen LogP) is 6.81. The summed E-state index contributed by atoms with van der Waals surface area (Å²) in [5, 5.41) is -0.582. The van der Waals surface area contributed by atoms with Gasteiger partial charge in [-0.05, 0) is 50.2 Å². The van der Waals surface area contributed by atoms with Gasteiger partial charge in [0.05, 0.1) is 13.2 Å². The lowest BCUT2D eigenvalue weighted by Crippen LogP contribution is -2.23. The molecule has 2 heterocycles. The second-order valence-corrected chi connectivity index (χ2v) is 11.1. The van der Waals surface area contributed by atoms with Crippen LogP contribution >= 0.6 is 23.5 Å². The second kappa shape index (κ2) is 17.5. The molecule has 0 atom stereocenters. The zero-order chi connectivity index (χ0) is 26.2. The fraction of sp³-hybridized carbons (Fsp3) is 0.692. The highest BCUT2D eigenvalue weighted by molar-refractivity contribution is 8.16. The van der Waals surface area contributed by atoms with Crippen molar-refractivity contribution >= 4 is 46.9 Å². The minimum Gasteiger partial charge on any atom is -0.457 e. The Hall–Kier alpha value is -1.94. The summed E-state index contributed by atoms with van der Waals surface area (Å²) in [7, 11) is 0. The summed E-state index contributed by atoms with van der Waals surface area (Å²) >= 11 is 2.18. The molecule has 2 aliphatic heterocycles. The number of hydrogen-bond acceptors (Lipinski definition) is 8. The van der Waals surface area contributed by atoms with E-state index in [9.17, 15) is 19.2 Å². The lowest BCUT2D eigenvalue weighted by molar-refractivity contribution is -0.117. The smallest absolute Gasteiger partial charge is 0.371 e. The Balaban J connectivity index is 1.49. The van der Waals surface area contributed by atoms with E-state index in [0.717, 1.165) is 96.1 Å². The maximum absolute atomic E-state index is 11.5. The van der Waals surface area contributed by atoms with Crippen molar-refractivity contribution in [1.29, 1.82) is 0 Å². The number of cyclic esters (lactones) is 2. The summed E-state index contributed by atoms with van der Waals surface area (Å²) in [4.78, 5) is 51.1. The average molecular weight is 541 g/mol. The third kappa shape index (κ3) is 11.0. The van der Waals surface area contributed by atoms with Crippen LogP contribution in [0.2, 0.25) is 0 Å². The van der Waals surface area contributed by atoms with Crippen LogP contribution in [0.25, 0.3) is 0 Å². The van der Waals surface area contributed by atoms with Gasteiger partial charge in [0.2, 0.25) is 12.8 Å². The molecule has 2 fully saturated rings. The van der Waals surface area contributed by atoms with E-state index in [0.29, 0.717) is 39.1 Å². The number of nitrogens with zero attached hydrogens (tertiary/aromatic N) is 2. The van der Waals surface area contributed by atoms with Gasteiger partial charge in [-0.25, -0.2) is 9.59 Å². The van der Waals surface area contributed by atoms with E-state index >= 15 is 0 Å². The minimum atomic E-state index is -0.291. The van der Waals surface area contributed by atoms with Crippen LogP contribution in [0.15, 0.2) is 21.2 Å². The Bertz CT molecular complexity index is 748. The molecule has 36 heavy (non-hydrogen) atoms. The molecule has 2 rings (SSSR count). The van der Waals surface area contributed by atoms with Crippen molar-refractivity contribution < 1.29 is 28.7 Å². The molecule has 0 radical (unpaired) electrons. The summed E-state index contributed by atoms with van der Waals surface area (Å²) in [5.41, 5.74) is 1.74. The molecule has 0 aromatic carbocycles. The fourth-order valence-corrected chi connectivity index (χ4v) is 5.81. The molecule has 2 saturated heterocycles. The zero-order valence-electron chi connectivity index (χ0n) is 21.6. The van der Waals surface area contributed by atoms with Crippen molar-refractivity contribution in [2.75, 3.05) is 26.3 Å². The van der Waals surface area contributed by atoms with Gasteiger partial charge in [-0.1, -0.05) is 51.4 Å². The number of rotatable bonds is 17. The lowest BCUT2D eigenvalue weighted by Gasteiger charge is -2.23. The number of allylic oxidation sites excluding steroid dienone is 2. The third-order valence-electron chi connectivity index (χ3n) is 6.48. The third-order valence-corrected chi connectivity index (χ3v) is 8.54. The monoisotopic (exact) mass is 540 g/mol. The maximum Gasteiger partial charge on any atom is 0.371 e. The highest BCUT2D eigenvalue weighted by Crippen LogP contribution is 2.31. The molecular formula is C26H40N2O6S2. The van der Waals surface area contributed by atoms with Crippen LogP contribution < -0.4 is 0 Å². The molecule has 202 valence electrons. The number of carbonyl (C=O) groups excluding carboxylic acids is 4. The van der Waals surface area contributed by atoms with E-state index < -0.39 is 0 Å². The maximum atomic E-state index is 11.5. The second-order valence-electron chi connectivity index (χ2n) is 9.05. The first kappa shape index (κ1) is 30.3. The van der Waals surface area contributed by atoms with Crippen molar-refractivity contribution in [2.45, 2.75) is 90.9 Å². The topological polar surface area (TPSA) is 93.2 Å². The zero-order valence-corrected chi connectivity index (χ0v) is 23.3. The minimum absolute atomic E-state index is 0.291. The van der Waals surface area contributed by atoms with E-state index in [-0.39, 0.29) is 10.6 Å². The Morgan fingerprint density at radius 3 is 1.31 bits per heavy atom. The van der Waals surface area contributed by atoms with Crippen LogP contribution in [-0.4, -0.2) is 59.5 Å². The molecule has 0 spiro atoms. The van der Waals surface area contributed by atoms with Gasteiger partial charge in [0.1, 0.15) is 0 Å². The fourth-order valence-electron chi connectivity index (χ4n) is 4.22. The Labute approximate surface area is 223 Å². The van der Waals surface area contributed by atoms with E-state index in [4.69, 9.17) is 9.47 Å². The van der Waals surface area contributed by atoms with Crippen molar-refractivity contribution in [1.82, 2.24) is 9.80 Å². The lowest BCUT2D eigenvalue weighted by atomic mass is 10.1. The molecule has 0 bridgehead atoms. The Morgan fingerprint density at radius 1 is 0.667 bits per heavy atom. The van der Waals surface area contributed by atoms with Gasteiger partial charge in [0, 0.05) is 47.1 Å². The van der Waals surface area contributed by atoms with Gasteiger partial charge in [-0.2, -0.15) is 0 Å². The molecule has 8 nitrogen and oxygen atoms in total. The summed E-state index contributed by atoms with van der Waals surface area (Å²) in [6, 6.07) is 0. The Kier molecular flexibility index (Phi) is 14.7. The predicted molar refractivity (Wildman–Crippen MR) is 144 cm³/mol. The quantitative estimate of drug-likeness (QED) is 0.113. The number of ether oxygens (including phenoxy) is 2. The molecule has 0 aliphatic carbocycles. The van der Waals surface area contributed by atoms with Gasteiger partial charge < -0.3 is 19.3 Å². The molecule has 2 aliphatic rings. The first-order valence-electron chi connectivity index (χ1n) is 13.0. The van der Waals surface area contributed by atoms with E-state index in [1.54, 1.807) is 9.80 Å². The number of amides is 2. The highest BCUT2D eigenvalue weighted by Gasteiger charge is 2.21. The molecule has 0 saturated carbocycles. The summed E-state index contributed by atoms with van der Waals surface area (Å²) in [6.45, 7) is 5.95. The van der Waals surface area contributed by atoms with Crippen molar-refractivity contribution in [3.8, 4) is 0 Å². The summed E-state index contributed by atoms with van der Waals surface area (Å²) < 4.78 is 9.89. The van der Waals surface area contributed by atoms with Crippen LogP contribution in [0.5, 0.6) is 0 Å². The van der Waals surface area contributed by atoms with Gasteiger partial charge >= 0.3 is 10.6 Å². The normalized spacial score (nSPS) is 18.7. The number of hydrogen-bond donors (Lipinski definition) is 0. The van der Waals surface area contributed by atoms with Crippen LogP contribution in [0.3, 0.4) is 0 Å². The molecule has 0 unspecified atom stereocenters. The highest BCUT2D eigenvalue weighted by atomic mass is 32.2. The first-order valence-corrected chi connectivity index (χ1v) is 14.6. The number of thioether (sulfide) groups is 2. The van der Waals surface area contributed by atoms with E-state index in [2.05, 4.69) is 0 Å². The molecule has 2 amide bonds. The molecule has 10 heteroatoms. The summed E-state index contributed by atoms with van der Waals surface area (Å²) in [5.74, 6) is 0. The van der Waals surface area contributed by atoms with Gasteiger partial charge in [-0.3, -0.25) is 9.59 Å². The first-order chi connectivity index (χ1) is 17.5. The largest absolute Gasteiger partial charge is 0.457 e. The van der Waals surface area contributed by atoms with Crippen LogP contribution in [0.1, 0.15) is 90.9 Å². The summed E-state index contributed by atoms with van der Waals surface area (Å²) in [6.07, 6.45) is 14.4. The van der Waals surface area contributed by atoms with Crippen LogP contribution in [-0.2, 0) is 19.1 Å².